The molecule has 4 nitrogen and oxygen atoms in total. The molecule has 0 saturated heterocycles. The van der Waals surface area contributed by atoms with Crippen molar-refractivity contribution in [1.82, 2.24) is 9.97 Å². The highest BCUT2D eigenvalue weighted by atomic mass is 35.5. The Bertz CT molecular complexity index is 587. The van der Waals surface area contributed by atoms with Crippen molar-refractivity contribution in [1.29, 1.82) is 0 Å². The third kappa shape index (κ3) is 3.29. The molecular formula is C14H13ClN2O2. The van der Waals surface area contributed by atoms with E-state index in [9.17, 15) is 4.79 Å². The van der Waals surface area contributed by atoms with E-state index in [-0.39, 0.29) is 11.5 Å². The van der Waals surface area contributed by atoms with Crippen molar-refractivity contribution in [2.45, 2.75) is 13.3 Å². The molecule has 0 fully saturated rings. The van der Waals surface area contributed by atoms with Crippen molar-refractivity contribution in [3.8, 4) is 5.75 Å². The largest absolute Gasteiger partial charge is 0.492 e. The van der Waals surface area contributed by atoms with Gasteiger partial charge in [-0.2, -0.15) is 0 Å². The Labute approximate surface area is 116 Å². The number of carbonyl (C=O) groups is 1. The Morgan fingerprint density at radius 3 is 3.00 bits per heavy atom. The number of hydrogen-bond donors (Lipinski definition) is 0. The van der Waals surface area contributed by atoms with Crippen LogP contribution in [0.5, 0.6) is 5.75 Å². The van der Waals surface area contributed by atoms with E-state index in [4.69, 9.17) is 16.3 Å². The second-order valence-corrected chi connectivity index (χ2v) is 4.33. The second-order valence-electron chi connectivity index (χ2n) is 3.92. The van der Waals surface area contributed by atoms with E-state index in [0.29, 0.717) is 22.9 Å². The second kappa shape index (κ2) is 6.29. The van der Waals surface area contributed by atoms with E-state index in [1.165, 1.54) is 12.4 Å². The van der Waals surface area contributed by atoms with E-state index in [0.717, 1.165) is 6.42 Å². The topological polar surface area (TPSA) is 52.1 Å². The summed E-state index contributed by atoms with van der Waals surface area (Å²) in [5.41, 5.74) is 0.632. The van der Waals surface area contributed by atoms with Crippen LogP contribution < -0.4 is 4.74 Å². The fraction of sp³-hybridized carbons (Fsp3) is 0.214. The van der Waals surface area contributed by atoms with E-state index < -0.39 is 0 Å². The molecule has 19 heavy (non-hydrogen) atoms. The number of ether oxygens (including phenoxy) is 1. The predicted molar refractivity (Wildman–Crippen MR) is 72.7 cm³/mol. The van der Waals surface area contributed by atoms with Gasteiger partial charge in [-0.1, -0.05) is 18.5 Å². The van der Waals surface area contributed by atoms with Crippen molar-refractivity contribution in [2.24, 2.45) is 0 Å². The first-order valence-electron chi connectivity index (χ1n) is 5.95. The van der Waals surface area contributed by atoms with E-state index in [2.05, 4.69) is 9.97 Å². The highest BCUT2D eigenvalue weighted by molar-refractivity contribution is 6.34. The molecule has 2 rings (SSSR count). The monoisotopic (exact) mass is 276 g/mol. The number of ketones is 1. The molecule has 0 atom stereocenters. The molecule has 0 bridgehead atoms. The number of aromatic nitrogens is 2. The van der Waals surface area contributed by atoms with Gasteiger partial charge in [0.05, 0.1) is 17.8 Å². The van der Waals surface area contributed by atoms with Gasteiger partial charge in [0.1, 0.15) is 11.4 Å². The molecule has 0 saturated carbocycles. The number of halogens is 1. The standard InChI is InChI=1S/C14H13ClN2O2/c1-2-6-19-11-7-10(8-16-9-11)14(18)13-12(15)4-3-5-17-13/h3-5,7-9H,2,6H2,1H3. The highest BCUT2D eigenvalue weighted by Crippen LogP contribution is 2.19. The van der Waals surface area contributed by atoms with Gasteiger partial charge in [0.25, 0.3) is 0 Å². The smallest absolute Gasteiger partial charge is 0.214 e. The molecule has 5 heteroatoms. The summed E-state index contributed by atoms with van der Waals surface area (Å²) in [5, 5.41) is 0.326. The quantitative estimate of drug-likeness (QED) is 0.787. The first-order chi connectivity index (χ1) is 9.22. The number of carbonyl (C=O) groups excluding carboxylic acids is 1. The Balaban J connectivity index is 2.27. The summed E-state index contributed by atoms with van der Waals surface area (Å²) in [4.78, 5) is 20.2. The molecule has 0 amide bonds. The summed E-state index contributed by atoms with van der Waals surface area (Å²) in [6.07, 6.45) is 5.48. The summed E-state index contributed by atoms with van der Waals surface area (Å²) in [6.45, 7) is 2.60. The van der Waals surface area contributed by atoms with Crippen LogP contribution in [0, 0.1) is 0 Å². The average molecular weight is 277 g/mol. The zero-order valence-electron chi connectivity index (χ0n) is 10.5. The van der Waals surface area contributed by atoms with Crippen molar-refractivity contribution in [3.05, 3.63) is 53.1 Å². The van der Waals surface area contributed by atoms with Crippen molar-refractivity contribution in [3.63, 3.8) is 0 Å². The number of rotatable bonds is 5. The first kappa shape index (κ1) is 13.5. The Morgan fingerprint density at radius 2 is 2.26 bits per heavy atom. The lowest BCUT2D eigenvalue weighted by Gasteiger charge is -2.06. The fourth-order valence-corrected chi connectivity index (χ4v) is 1.74. The van der Waals surface area contributed by atoms with Crippen LogP contribution in [0.4, 0.5) is 0 Å². The highest BCUT2D eigenvalue weighted by Gasteiger charge is 2.15. The van der Waals surface area contributed by atoms with Gasteiger partial charge in [-0.15, -0.1) is 0 Å². The number of hydrogen-bond acceptors (Lipinski definition) is 4. The van der Waals surface area contributed by atoms with Gasteiger partial charge in [0, 0.05) is 18.0 Å². The molecule has 98 valence electrons. The van der Waals surface area contributed by atoms with E-state index in [1.807, 2.05) is 6.92 Å². The normalized spacial score (nSPS) is 10.2. The van der Waals surface area contributed by atoms with Crippen molar-refractivity contribution < 1.29 is 9.53 Å². The molecule has 0 N–H and O–H groups in total. The fourth-order valence-electron chi connectivity index (χ4n) is 1.53. The third-order valence-corrected chi connectivity index (χ3v) is 2.73. The zero-order chi connectivity index (χ0) is 13.7. The summed E-state index contributed by atoms with van der Waals surface area (Å²) in [7, 11) is 0. The zero-order valence-corrected chi connectivity index (χ0v) is 11.2. The molecule has 2 aromatic rings. The van der Waals surface area contributed by atoms with Crippen LogP contribution >= 0.6 is 11.6 Å². The molecule has 0 unspecified atom stereocenters. The van der Waals surface area contributed by atoms with Gasteiger partial charge < -0.3 is 4.74 Å². The summed E-state index contributed by atoms with van der Waals surface area (Å²) >= 11 is 5.96. The molecule has 2 aromatic heterocycles. The van der Waals surface area contributed by atoms with Gasteiger partial charge in [-0.3, -0.25) is 14.8 Å². The van der Waals surface area contributed by atoms with Crippen LogP contribution in [-0.2, 0) is 0 Å². The van der Waals surface area contributed by atoms with E-state index in [1.54, 1.807) is 24.4 Å². The predicted octanol–water partition coefficient (Wildman–Crippen LogP) is 3.15. The van der Waals surface area contributed by atoms with Gasteiger partial charge >= 0.3 is 0 Å². The number of pyridine rings is 2. The number of nitrogens with zero attached hydrogens (tertiary/aromatic N) is 2. The van der Waals surface area contributed by atoms with Gasteiger partial charge in [0.2, 0.25) is 5.78 Å². The molecule has 0 radical (unpaired) electrons. The first-order valence-corrected chi connectivity index (χ1v) is 6.33. The van der Waals surface area contributed by atoms with E-state index >= 15 is 0 Å². The van der Waals surface area contributed by atoms with Crippen LogP contribution in [0.25, 0.3) is 0 Å². The van der Waals surface area contributed by atoms with Gasteiger partial charge in [-0.25, -0.2) is 0 Å². The molecule has 0 aromatic carbocycles. The lowest BCUT2D eigenvalue weighted by Crippen LogP contribution is -2.06. The lowest BCUT2D eigenvalue weighted by atomic mass is 10.1. The SMILES string of the molecule is CCCOc1cncc(C(=O)c2ncccc2Cl)c1. The Kier molecular flexibility index (Phi) is 4.47. The summed E-state index contributed by atoms with van der Waals surface area (Å²) < 4.78 is 5.44. The molecule has 0 aliphatic carbocycles. The minimum absolute atomic E-state index is 0.221. The Hall–Kier alpha value is -1.94. The summed E-state index contributed by atoms with van der Waals surface area (Å²) in [6, 6.07) is 4.96. The van der Waals surface area contributed by atoms with Crippen LogP contribution in [0.1, 0.15) is 29.4 Å². The minimum Gasteiger partial charge on any atom is -0.492 e. The molecule has 0 aliphatic heterocycles. The third-order valence-electron chi connectivity index (χ3n) is 2.42. The van der Waals surface area contributed by atoms with Crippen molar-refractivity contribution >= 4 is 17.4 Å². The van der Waals surface area contributed by atoms with Crippen LogP contribution in [0.15, 0.2) is 36.8 Å². The maximum Gasteiger partial charge on any atom is 0.214 e. The van der Waals surface area contributed by atoms with Crippen LogP contribution in [0.3, 0.4) is 0 Å². The molecule has 0 spiro atoms. The van der Waals surface area contributed by atoms with Gasteiger partial charge in [0.15, 0.2) is 0 Å². The minimum atomic E-state index is -0.264. The maximum atomic E-state index is 12.3. The summed E-state index contributed by atoms with van der Waals surface area (Å²) in [5.74, 6) is 0.305. The average Bonchev–Trinajstić information content (AvgIpc) is 2.45. The maximum absolute atomic E-state index is 12.3. The van der Waals surface area contributed by atoms with Crippen LogP contribution in [0.2, 0.25) is 5.02 Å². The van der Waals surface area contributed by atoms with Gasteiger partial charge in [-0.05, 0) is 24.6 Å². The molecular weight excluding hydrogens is 264 g/mol. The van der Waals surface area contributed by atoms with Crippen molar-refractivity contribution in [2.75, 3.05) is 6.61 Å². The molecule has 0 aliphatic rings. The lowest BCUT2D eigenvalue weighted by molar-refractivity contribution is 0.103. The molecule has 2 heterocycles. The Morgan fingerprint density at radius 1 is 1.42 bits per heavy atom. The van der Waals surface area contributed by atoms with Crippen LogP contribution in [-0.4, -0.2) is 22.4 Å².